The molecule has 2 N–H and O–H groups in total. The van der Waals surface area contributed by atoms with Crippen LogP contribution in [0.25, 0.3) is 0 Å². The van der Waals surface area contributed by atoms with Crippen LogP contribution in [0.1, 0.15) is 70.6 Å². The highest BCUT2D eigenvalue weighted by atomic mass is 16.2. The Labute approximate surface area is 135 Å². The fourth-order valence-corrected chi connectivity index (χ4v) is 4.48. The lowest BCUT2D eigenvalue weighted by atomic mass is 9.88. The Hall–Kier alpha value is -0.770. The molecule has 3 rings (SSSR count). The Kier molecular flexibility index (Phi) is 5.99. The number of rotatable bonds is 4. The Morgan fingerprint density at radius 1 is 0.773 bits per heavy atom. The smallest absolute Gasteiger partial charge is 0.315 e. The zero-order valence-electron chi connectivity index (χ0n) is 14.0. The molecule has 0 radical (unpaired) electrons. The summed E-state index contributed by atoms with van der Waals surface area (Å²) in [6.45, 7) is 3.61. The summed E-state index contributed by atoms with van der Waals surface area (Å²) in [6.07, 6.45) is 14.3. The van der Waals surface area contributed by atoms with E-state index in [1.165, 1.54) is 51.5 Å². The van der Waals surface area contributed by atoms with Crippen LogP contribution in [0.3, 0.4) is 0 Å². The van der Waals surface area contributed by atoms with E-state index in [-0.39, 0.29) is 6.03 Å². The second kappa shape index (κ2) is 8.19. The first-order valence-electron chi connectivity index (χ1n) is 9.59. The summed E-state index contributed by atoms with van der Waals surface area (Å²) in [5, 5.41) is 6.33. The van der Waals surface area contributed by atoms with Gasteiger partial charge in [0.05, 0.1) is 0 Å². The maximum absolute atomic E-state index is 12.0. The molecule has 126 valence electrons. The van der Waals surface area contributed by atoms with Crippen molar-refractivity contribution >= 4 is 6.03 Å². The zero-order valence-corrected chi connectivity index (χ0v) is 14.0. The minimum atomic E-state index is 0.0673. The summed E-state index contributed by atoms with van der Waals surface area (Å²) in [7, 11) is 0. The first kappa shape index (κ1) is 16.1. The van der Waals surface area contributed by atoms with Gasteiger partial charge >= 0.3 is 6.03 Å². The summed E-state index contributed by atoms with van der Waals surface area (Å²) in [5.74, 6) is 0.934. The number of nitrogens with one attached hydrogen (secondary N) is 2. The van der Waals surface area contributed by atoms with Crippen molar-refractivity contribution in [3.05, 3.63) is 0 Å². The van der Waals surface area contributed by atoms with Gasteiger partial charge in [-0.2, -0.15) is 0 Å². The van der Waals surface area contributed by atoms with Crippen molar-refractivity contribution in [2.45, 2.75) is 82.7 Å². The quantitative estimate of drug-likeness (QED) is 0.837. The van der Waals surface area contributed by atoms with Crippen LogP contribution in [0.4, 0.5) is 4.79 Å². The molecule has 3 aliphatic rings. The number of likely N-dealkylation sites (tertiary alicyclic amines) is 1. The van der Waals surface area contributed by atoms with Gasteiger partial charge in [-0.3, -0.25) is 0 Å². The molecule has 2 aliphatic carbocycles. The normalized spacial score (nSPS) is 26.2. The average Bonchev–Trinajstić information content (AvgIpc) is 3.03. The van der Waals surface area contributed by atoms with Gasteiger partial charge in [0.2, 0.25) is 0 Å². The molecule has 0 spiro atoms. The second-order valence-corrected chi connectivity index (χ2v) is 7.68. The van der Waals surface area contributed by atoms with Crippen LogP contribution in [0.15, 0.2) is 0 Å². The van der Waals surface area contributed by atoms with E-state index in [0.29, 0.717) is 12.1 Å². The second-order valence-electron chi connectivity index (χ2n) is 7.68. The highest BCUT2D eigenvalue weighted by Gasteiger charge is 2.24. The van der Waals surface area contributed by atoms with Crippen LogP contribution in [0.2, 0.25) is 0 Å². The van der Waals surface area contributed by atoms with Crippen molar-refractivity contribution in [3.63, 3.8) is 0 Å². The zero-order chi connectivity index (χ0) is 15.2. The molecule has 1 heterocycles. The summed E-state index contributed by atoms with van der Waals surface area (Å²) >= 11 is 0. The van der Waals surface area contributed by atoms with Gasteiger partial charge < -0.3 is 15.5 Å². The molecular formula is C18H33N3O. The van der Waals surface area contributed by atoms with Gasteiger partial charge in [-0.05, 0) is 44.4 Å². The van der Waals surface area contributed by atoms with Crippen LogP contribution < -0.4 is 10.6 Å². The van der Waals surface area contributed by atoms with Crippen LogP contribution in [0, 0.1) is 5.92 Å². The molecule has 0 aromatic rings. The molecule has 0 atom stereocenters. The predicted octanol–water partition coefficient (Wildman–Crippen LogP) is 3.27. The van der Waals surface area contributed by atoms with Crippen molar-refractivity contribution < 1.29 is 4.79 Å². The molecule has 22 heavy (non-hydrogen) atoms. The molecule has 2 amide bonds. The van der Waals surface area contributed by atoms with Gasteiger partial charge in [0.1, 0.15) is 0 Å². The van der Waals surface area contributed by atoms with E-state index < -0.39 is 0 Å². The van der Waals surface area contributed by atoms with Gasteiger partial charge in [0, 0.05) is 31.7 Å². The van der Waals surface area contributed by atoms with E-state index in [2.05, 4.69) is 15.5 Å². The predicted molar refractivity (Wildman–Crippen MR) is 90.0 cm³/mol. The number of nitrogens with zero attached hydrogens (tertiary/aromatic N) is 1. The lowest BCUT2D eigenvalue weighted by molar-refractivity contribution is 0.155. The minimum Gasteiger partial charge on any atom is -0.335 e. The van der Waals surface area contributed by atoms with E-state index in [0.717, 1.165) is 44.7 Å². The van der Waals surface area contributed by atoms with E-state index in [4.69, 9.17) is 0 Å². The number of carbonyl (C=O) groups is 1. The van der Waals surface area contributed by atoms with Crippen LogP contribution in [-0.2, 0) is 0 Å². The van der Waals surface area contributed by atoms with Crippen molar-refractivity contribution in [1.29, 1.82) is 0 Å². The number of piperidine rings is 1. The molecule has 4 heteroatoms. The van der Waals surface area contributed by atoms with Crippen LogP contribution >= 0.6 is 0 Å². The van der Waals surface area contributed by atoms with Crippen molar-refractivity contribution in [2.75, 3.05) is 19.6 Å². The summed E-state index contributed by atoms with van der Waals surface area (Å²) in [4.78, 5) is 14.7. The topological polar surface area (TPSA) is 44.4 Å². The summed E-state index contributed by atoms with van der Waals surface area (Å²) in [6, 6.07) is 0.869. The minimum absolute atomic E-state index is 0.0673. The number of urea groups is 1. The van der Waals surface area contributed by atoms with Crippen LogP contribution in [0.5, 0.6) is 0 Å². The van der Waals surface area contributed by atoms with E-state index in [1.54, 1.807) is 0 Å². The Balaban J connectivity index is 1.31. The summed E-state index contributed by atoms with van der Waals surface area (Å²) < 4.78 is 0. The standard InChI is InChI=1S/C18H33N3O/c22-18(19-16-8-4-5-9-16)20-17-10-12-21(13-11-17)14-15-6-2-1-3-7-15/h15-17H,1-14H2,(H2,19,20,22). The molecule has 0 aromatic carbocycles. The molecule has 3 fully saturated rings. The Morgan fingerprint density at radius 3 is 1.95 bits per heavy atom. The average molecular weight is 307 g/mol. The van der Waals surface area contributed by atoms with E-state index in [9.17, 15) is 4.79 Å². The molecule has 1 aliphatic heterocycles. The lowest BCUT2D eigenvalue weighted by Crippen LogP contribution is -2.50. The molecule has 2 saturated carbocycles. The number of hydrogen-bond donors (Lipinski definition) is 2. The molecule has 0 bridgehead atoms. The molecular weight excluding hydrogens is 274 g/mol. The van der Waals surface area contributed by atoms with Crippen molar-refractivity contribution in [1.82, 2.24) is 15.5 Å². The lowest BCUT2D eigenvalue weighted by Gasteiger charge is -2.35. The van der Waals surface area contributed by atoms with E-state index >= 15 is 0 Å². The van der Waals surface area contributed by atoms with Crippen molar-refractivity contribution in [2.24, 2.45) is 5.92 Å². The van der Waals surface area contributed by atoms with Gasteiger partial charge in [-0.1, -0.05) is 32.1 Å². The Bertz CT molecular complexity index is 340. The Morgan fingerprint density at radius 2 is 1.32 bits per heavy atom. The monoisotopic (exact) mass is 307 g/mol. The maximum atomic E-state index is 12.0. The summed E-state index contributed by atoms with van der Waals surface area (Å²) in [5.41, 5.74) is 0. The molecule has 1 saturated heterocycles. The maximum Gasteiger partial charge on any atom is 0.315 e. The fraction of sp³-hybridized carbons (Fsp3) is 0.944. The third-order valence-electron chi connectivity index (χ3n) is 5.85. The highest BCUT2D eigenvalue weighted by Crippen LogP contribution is 2.25. The molecule has 4 nitrogen and oxygen atoms in total. The number of hydrogen-bond acceptors (Lipinski definition) is 2. The van der Waals surface area contributed by atoms with Crippen molar-refractivity contribution in [3.8, 4) is 0 Å². The molecule has 0 unspecified atom stereocenters. The number of amides is 2. The van der Waals surface area contributed by atoms with E-state index in [1.807, 2.05) is 0 Å². The third-order valence-corrected chi connectivity index (χ3v) is 5.85. The number of carbonyl (C=O) groups excluding carboxylic acids is 1. The fourth-order valence-electron chi connectivity index (χ4n) is 4.48. The van der Waals surface area contributed by atoms with Gasteiger partial charge in [-0.25, -0.2) is 4.79 Å². The van der Waals surface area contributed by atoms with Gasteiger partial charge in [-0.15, -0.1) is 0 Å². The van der Waals surface area contributed by atoms with Gasteiger partial charge in [0.25, 0.3) is 0 Å². The first-order chi connectivity index (χ1) is 10.8. The van der Waals surface area contributed by atoms with Crippen LogP contribution in [-0.4, -0.2) is 42.6 Å². The highest BCUT2D eigenvalue weighted by molar-refractivity contribution is 5.74. The SMILES string of the molecule is O=C(NC1CCCC1)NC1CCN(CC2CCCCC2)CC1. The first-order valence-corrected chi connectivity index (χ1v) is 9.59. The van der Waals surface area contributed by atoms with Gasteiger partial charge in [0.15, 0.2) is 0 Å². The third kappa shape index (κ3) is 4.87. The molecule has 0 aromatic heterocycles. The largest absolute Gasteiger partial charge is 0.335 e.